The third-order valence-electron chi connectivity index (χ3n) is 1.16. The van der Waals surface area contributed by atoms with Crippen molar-refractivity contribution >= 4 is 6.41 Å². The summed E-state index contributed by atoms with van der Waals surface area (Å²) in [4.78, 5) is 11.8. The van der Waals surface area contributed by atoms with E-state index >= 15 is 0 Å². The van der Waals surface area contributed by atoms with Gasteiger partial charge in [0.15, 0.2) is 0 Å². The van der Waals surface area contributed by atoms with Gasteiger partial charge in [-0.25, -0.2) is 0 Å². The van der Waals surface area contributed by atoms with Crippen molar-refractivity contribution in [2.24, 2.45) is 0 Å². The van der Waals surface area contributed by atoms with Gasteiger partial charge in [0.25, 0.3) is 0 Å². The van der Waals surface area contributed by atoms with Crippen LogP contribution in [0.15, 0.2) is 0 Å². The third kappa shape index (κ3) is 9.39. The number of ether oxygens (including phenoxy) is 1. The highest BCUT2D eigenvalue weighted by molar-refractivity contribution is 5.45. The second-order valence-corrected chi connectivity index (χ2v) is 2.49. The van der Waals surface area contributed by atoms with E-state index in [1.165, 1.54) is 0 Å². The lowest BCUT2D eigenvalue weighted by molar-refractivity contribution is -0.109. The van der Waals surface area contributed by atoms with Crippen molar-refractivity contribution in [2.75, 3.05) is 40.4 Å². The van der Waals surface area contributed by atoms with Gasteiger partial charge < -0.3 is 15.0 Å². The van der Waals surface area contributed by atoms with E-state index in [-0.39, 0.29) is 0 Å². The van der Waals surface area contributed by atoms with E-state index in [2.05, 4.69) is 5.32 Å². The predicted molar refractivity (Wildman–Crippen MR) is 43.4 cm³/mol. The minimum absolute atomic E-state index is 0.590. The number of nitrogens with one attached hydrogen (secondary N) is 1. The zero-order valence-corrected chi connectivity index (χ0v) is 7.17. The van der Waals surface area contributed by atoms with E-state index in [0.717, 1.165) is 6.54 Å². The van der Waals surface area contributed by atoms with Gasteiger partial charge in [-0.15, -0.1) is 0 Å². The number of likely N-dealkylation sites (N-methyl/N-ethyl adjacent to an activating group) is 1. The number of amides is 1. The minimum Gasteiger partial charge on any atom is -0.378 e. The molecule has 0 aliphatic rings. The normalized spacial score (nSPS) is 10.1. The van der Waals surface area contributed by atoms with E-state index in [1.807, 2.05) is 19.0 Å². The van der Waals surface area contributed by atoms with E-state index in [9.17, 15) is 4.79 Å². The van der Waals surface area contributed by atoms with Crippen molar-refractivity contribution in [2.45, 2.75) is 0 Å². The molecule has 0 radical (unpaired) electrons. The summed E-state index contributed by atoms with van der Waals surface area (Å²) in [5.41, 5.74) is 0. The van der Waals surface area contributed by atoms with Crippen LogP contribution in [0.4, 0.5) is 0 Å². The molecule has 1 N–H and O–H groups in total. The Hall–Kier alpha value is -0.610. The first kappa shape index (κ1) is 10.4. The Morgan fingerprint density at radius 1 is 1.45 bits per heavy atom. The molecular weight excluding hydrogens is 144 g/mol. The SMILES string of the molecule is CN(C)CCOCCNC=O. The van der Waals surface area contributed by atoms with Crippen LogP contribution in [0.1, 0.15) is 0 Å². The van der Waals surface area contributed by atoms with Gasteiger partial charge in [0.05, 0.1) is 13.2 Å². The van der Waals surface area contributed by atoms with Crippen LogP contribution in [0.25, 0.3) is 0 Å². The van der Waals surface area contributed by atoms with Gasteiger partial charge in [-0.05, 0) is 14.1 Å². The van der Waals surface area contributed by atoms with E-state index < -0.39 is 0 Å². The van der Waals surface area contributed by atoms with Gasteiger partial charge in [-0.1, -0.05) is 0 Å². The maximum absolute atomic E-state index is 9.77. The fourth-order valence-corrected chi connectivity index (χ4v) is 0.539. The monoisotopic (exact) mass is 160 g/mol. The summed E-state index contributed by atoms with van der Waals surface area (Å²) >= 11 is 0. The summed E-state index contributed by atoms with van der Waals surface area (Å²) in [6.45, 7) is 2.82. The highest BCUT2D eigenvalue weighted by Gasteiger charge is 1.89. The summed E-state index contributed by atoms with van der Waals surface area (Å²) in [5.74, 6) is 0. The molecule has 0 unspecified atom stereocenters. The van der Waals surface area contributed by atoms with Crippen LogP contribution in [0.2, 0.25) is 0 Å². The first-order chi connectivity index (χ1) is 5.27. The molecule has 0 aromatic rings. The number of hydrogen-bond donors (Lipinski definition) is 1. The summed E-state index contributed by atoms with van der Waals surface area (Å²) in [7, 11) is 3.99. The van der Waals surface area contributed by atoms with Gasteiger partial charge in [0, 0.05) is 13.1 Å². The van der Waals surface area contributed by atoms with Gasteiger partial charge in [-0.2, -0.15) is 0 Å². The summed E-state index contributed by atoms with van der Waals surface area (Å²) in [6.07, 6.45) is 0.676. The van der Waals surface area contributed by atoms with Crippen molar-refractivity contribution in [3.05, 3.63) is 0 Å². The van der Waals surface area contributed by atoms with Crippen LogP contribution in [-0.2, 0) is 9.53 Å². The molecule has 0 saturated carbocycles. The molecule has 66 valence electrons. The fourth-order valence-electron chi connectivity index (χ4n) is 0.539. The predicted octanol–water partition coefficient (Wildman–Crippen LogP) is -0.689. The Bertz CT molecular complexity index is 96.4. The van der Waals surface area contributed by atoms with Crippen molar-refractivity contribution in [1.29, 1.82) is 0 Å². The van der Waals surface area contributed by atoms with E-state index in [1.54, 1.807) is 0 Å². The van der Waals surface area contributed by atoms with E-state index in [4.69, 9.17) is 4.74 Å². The molecule has 0 heterocycles. The van der Waals surface area contributed by atoms with Crippen LogP contribution >= 0.6 is 0 Å². The second-order valence-electron chi connectivity index (χ2n) is 2.49. The lowest BCUT2D eigenvalue weighted by Gasteiger charge is -2.09. The zero-order chi connectivity index (χ0) is 8.53. The standard InChI is InChI=1S/C7H16N2O2/c1-9(2)4-6-11-5-3-8-7-10/h7H,3-6H2,1-2H3,(H,8,10). The first-order valence-corrected chi connectivity index (χ1v) is 3.67. The van der Waals surface area contributed by atoms with Crippen LogP contribution in [0.5, 0.6) is 0 Å². The molecule has 0 aromatic heterocycles. The number of nitrogens with zero attached hydrogens (tertiary/aromatic N) is 1. The van der Waals surface area contributed by atoms with Crippen molar-refractivity contribution in [3.8, 4) is 0 Å². The highest BCUT2D eigenvalue weighted by Crippen LogP contribution is 1.76. The molecule has 0 rings (SSSR count). The molecule has 0 aliphatic heterocycles. The molecule has 0 fully saturated rings. The summed E-state index contributed by atoms with van der Waals surface area (Å²) < 4.78 is 5.18. The Kier molecular flexibility index (Phi) is 7.08. The first-order valence-electron chi connectivity index (χ1n) is 3.67. The van der Waals surface area contributed by atoms with Crippen molar-refractivity contribution in [1.82, 2.24) is 10.2 Å². The molecule has 4 heteroatoms. The Morgan fingerprint density at radius 2 is 2.18 bits per heavy atom. The number of hydrogen-bond acceptors (Lipinski definition) is 3. The Balaban J connectivity index is 2.85. The van der Waals surface area contributed by atoms with Crippen LogP contribution in [0, 0.1) is 0 Å². The lowest BCUT2D eigenvalue weighted by Crippen LogP contribution is -2.22. The fraction of sp³-hybridized carbons (Fsp3) is 0.857. The molecule has 4 nitrogen and oxygen atoms in total. The molecule has 0 spiro atoms. The van der Waals surface area contributed by atoms with Crippen molar-refractivity contribution in [3.63, 3.8) is 0 Å². The largest absolute Gasteiger partial charge is 0.378 e. The third-order valence-corrected chi connectivity index (χ3v) is 1.16. The molecular formula is C7H16N2O2. The summed E-state index contributed by atoms with van der Waals surface area (Å²) in [6, 6.07) is 0. The van der Waals surface area contributed by atoms with Crippen LogP contribution < -0.4 is 5.32 Å². The quantitative estimate of drug-likeness (QED) is 0.396. The molecule has 0 aromatic carbocycles. The maximum Gasteiger partial charge on any atom is 0.207 e. The van der Waals surface area contributed by atoms with E-state index in [0.29, 0.717) is 26.2 Å². The smallest absolute Gasteiger partial charge is 0.207 e. The second kappa shape index (κ2) is 7.50. The van der Waals surface area contributed by atoms with Crippen LogP contribution in [-0.4, -0.2) is 51.7 Å². The maximum atomic E-state index is 9.77. The van der Waals surface area contributed by atoms with Gasteiger partial charge >= 0.3 is 0 Å². The zero-order valence-electron chi connectivity index (χ0n) is 7.17. The molecule has 0 aliphatic carbocycles. The Morgan fingerprint density at radius 3 is 2.73 bits per heavy atom. The van der Waals surface area contributed by atoms with Gasteiger partial charge in [-0.3, -0.25) is 4.79 Å². The van der Waals surface area contributed by atoms with Gasteiger partial charge in [0.2, 0.25) is 6.41 Å². The number of carbonyl (C=O) groups is 1. The molecule has 11 heavy (non-hydrogen) atoms. The number of carbonyl (C=O) groups excluding carboxylic acids is 1. The van der Waals surface area contributed by atoms with Gasteiger partial charge in [0.1, 0.15) is 0 Å². The molecule has 0 atom stereocenters. The average molecular weight is 160 g/mol. The topological polar surface area (TPSA) is 41.6 Å². The lowest BCUT2D eigenvalue weighted by atomic mass is 10.6. The summed E-state index contributed by atoms with van der Waals surface area (Å²) in [5, 5.41) is 2.52. The minimum atomic E-state index is 0.590. The highest BCUT2D eigenvalue weighted by atomic mass is 16.5. The Labute approximate surface area is 67.5 Å². The van der Waals surface area contributed by atoms with Crippen LogP contribution in [0.3, 0.4) is 0 Å². The van der Waals surface area contributed by atoms with Crippen molar-refractivity contribution < 1.29 is 9.53 Å². The molecule has 0 saturated heterocycles. The molecule has 0 bridgehead atoms. The molecule has 1 amide bonds. The number of rotatable bonds is 7. The average Bonchev–Trinajstić information content (AvgIpc) is 1.96.